The zero-order valence-corrected chi connectivity index (χ0v) is 13.3. The number of nitrogens with one attached hydrogen (secondary N) is 1. The van der Waals surface area contributed by atoms with Crippen molar-refractivity contribution in [2.75, 3.05) is 11.4 Å². The Morgan fingerprint density at radius 2 is 1.76 bits per heavy atom. The number of aliphatic carboxylic acids is 1. The van der Waals surface area contributed by atoms with E-state index in [-0.39, 0.29) is 0 Å². The molecule has 0 fully saturated rings. The van der Waals surface area contributed by atoms with Crippen LogP contribution in [0.4, 0.5) is 10.5 Å². The number of aryl methyl sites for hydroxylation is 1. The van der Waals surface area contributed by atoms with Gasteiger partial charge in [0.05, 0.1) is 0 Å². The molecule has 0 bridgehead atoms. The van der Waals surface area contributed by atoms with Crippen LogP contribution in [0.25, 0.3) is 0 Å². The van der Waals surface area contributed by atoms with E-state index in [1.165, 1.54) is 4.90 Å². The number of hydrogen-bond acceptors (Lipinski definition) is 2. The van der Waals surface area contributed by atoms with E-state index in [1.807, 2.05) is 38.1 Å². The predicted molar refractivity (Wildman–Crippen MR) is 83.6 cm³/mol. The van der Waals surface area contributed by atoms with Gasteiger partial charge in [-0.3, -0.25) is 4.90 Å². The molecule has 1 unspecified atom stereocenters. The van der Waals surface area contributed by atoms with Gasteiger partial charge in [-0.2, -0.15) is 0 Å². The Hall–Kier alpha value is -2.04. The highest BCUT2D eigenvalue weighted by Crippen LogP contribution is 2.21. The lowest BCUT2D eigenvalue weighted by atomic mass is 9.87. The summed E-state index contributed by atoms with van der Waals surface area (Å²) in [7, 11) is 0. The van der Waals surface area contributed by atoms with Crippen LogP contribution in [-0.4, -0.2) is 29.7 Å². The molecular weight excluding hydrogens is 268 g/mol. The second-order valence-electron chi connectivity index (χ2n) is 6.17. The average Bonchev–Trinajstić information content (AvgIpc) is 2.37. The lowest BCUT2D eigenvalue weighted by Crippen LogP contribution is -2.53. The molecule has 2 amide bonds. The van der Waals surface area contributed by atoms with Crippen molar-refractivity contribution in [1.29, 1.82) is 0 Å². The number of urea groups is 1. The van der Waals surface area contributed by atoms with Gasteiger partial charge in [0.15, 0.2) is 0 Å². The first-order valence-electron chi connectivity index (χ1n) is 7.04. The number of hydrogen-bond donors (Lipinski definition) is 2. The highest BCUT2D eigenvalue weighted by molar-refractivity contribution is 5.94. The molecule has 0 aliphatic rings. The van der Waals surface area contributed by atoms with E-state index >= 15 is 0 Å². The summed E-state index contributed by atoms with van der Waals surface area (Å²) < 4.78 is 0. The van der Waals surface area contributed by atoms with Crippen molar-refractivity contribution in [2.24, 2.45) is 5.41 Å². The number of carbonyl (C=O) groups is 2. The minimum absolute atomic E-state index is 0.399. The van der Waals surface area contributed by atoms with E-state index in [1.54, 1.807) is 20.8 Å². The summed E-state index contributed by atoms with van der Waals surface area (Å²) in [5, 5.41) is 11.9. The van der Waals surface area contributed by atoms with Crippen LogP contribution >= 0.6 is 0 Å². The number of carboxylic acids is 1. The fourth-order valence-electron chi connectivity index (χ4n) is 2.02. The van der Waals surface area contributed by atoms with Crippen LogP contribution in [0, 0.1) is 12.3 Å². The van der Waals surface area contributed by atoms with E-state index in [2.05, 4.69) is 5.32 Å². The molecule has 21 heavy (non-hydrogen) atoms. The zero-order valence-electron chi connectivity index (χ0n) is 13.3. The Kier molecular flexibility index (Phi) is 5.35. The van der Waals surface area contributed by atoms with Crippen molar-refractivity contribution >= 4 is 17.7 Å². The van der Waals surface area contributed by atoms with E-state index in [0.717, 1.165) is 11.3 Å². The van der Waals surface area contributed by atoms with Gasteiger partial charge in [0.1, 0.15) is 6.04 Å². The largest absolute Gasteiger partial charge is 0.480 e. The zero-order chi connectivity index (χ0) is 16.2. The number of carbonyl (C=O) groups excluding carboxylic acids is 1. The van der Waals surface area contributed by atoms with Crippen molar-refractivity contribution in [3.05, 3.63) is 29.8 Å². The molecule has 1 atom stereocenters. The molecule has 0 radical (unpaired) electrons. The third-order valence-corrected chi connectivity index (χ3v) is 3.29. The van der Waals surface area contributed by atoms with Gasteiger partial charge < -0.3 is 10.4 Å². The summed E-state index contributed by atoms with van der Waals surface area (Å²) in [5.74, 6) is -1.03. The maximum atomic E-state index is 12.4. The molecule has 2 N–H and O–H groups in total. The van der Waals surface area contributed by atoms with E-state index in [9.17, 15) is 14.7 Å². The van der Waals surface area contributed by atoms with Gasteiger partial charge in [0, 0.05) is 12.2 Å². The average molecular weight is 292 g/mol. The monoisotopic (exact) mass is 292 g/mol. The van der Waals surface area contributed by atoms with Gasteiger partial charge >= 0.3 is 12.0 Å². The summed E-state index contributed by atoms with van der Waals surface area (Å²) in [6.07, 6.45) is 0. The van der Waals surface area contributed by atoms with Crippen molar-refractivity contribution < 1.29 is 14.7 Å². The Labute approximate surface area is 126 Å². The van der Waals surface area contributed by atoms with Gasteiger partial charge in [0.2, 0.25) is 0 Å². The van der Waals surface area contributed by atoms with Crippen molar-refractivity contribution in [2.45, 2.75) is 40.7 Å². The number of amides is 2. The molecule has 116 valence electrons. The first-order valence-corrected chi connectivity index (χ1v) is 7.04. The number of benzene rings is 1. The molecule has 0 aromatic heterocycles. The molecule has 5 nitrogen and oxygen atoms in total. The smallest absolute Gasteiger partial charge is 0.326 e. The molecule has 5 heteroatoms. The highest BCUT2D eigenvalue weighted by atomic mass is 16.4. The lowest BCUT2D eigenvalue weighted by Gasteiger charge is -2.30. The number of anilines is 1. The molecule has 1 aromatic rings. The molecule has 0 heterocycles. The first-order chi connectivity index (χ1) is 9.66. The molecular formula is C16H24N2O3. The van der Waals surface area contributed by atoms with Gasteiger partial charge in [-0.25, -0.2) is 9.59 Å². The number of nitrogens with zero attached hydrogens (tertiary/aromatic N) is 1. The summed E-state index contributed by atoms with van der Waals surface area (Å²) in [5.41, 5.74) is 1.29. The Morgan fingerprint density at radius 1 is 1.24 bits per heavy atom. The summed E-state index contributed by atoms with van der Waals surface area (Å²) in [6.45, 7) is 9.65. The Morgan fingerprint density at radius 3 is 2.14 bits per heavy atom. The summed E-state index contributed by atoms with van der Waals surface area (Å²) in [4.78, 5) is 25.2. The highest BCUT2D eigenvalue weighted by Gasteiger charge is 2.33. The summed E-state index contributed by atoms with van der Waals surface area (Å²) in [6, 6.07) is 6.21. The fourth-order valence-corrected chi connectivity index (χ4v) is 2.02. The first kappa shape index (κ1) is 17.0. The maximum Gasteiger partial charge on any atom is 0.326 e. The van der Waals surface area contributed by atoms with Gasteiger partial charge in [-0.05, 0) is 31.4 Å². The minimum Gasteiger partial charge on any atom is -0.480 e. The second-order valence-corrected chi connectivity index (χ2v) is 6.17. The van der Waals surface area contributed by atoms with E-state index < -0.39 is 23.5 Å². The quantitative estimate of drug-likeness (QED) is 0.896. The van der Waals surface area contributed by atoms with Crippen molar-refractivity contribution in [1.82, 2.24) is 5.32 Å². The lowest BCUT2D eigenvalue weighted by molar-refractivity contribution is -0.141. The van der Waals surface area contributed by atoms with E-state index in [0.29, 0.717) is 6.54 Å². The van der Waals surface area contributed by atoms with Crippen molar-refractivity contribution in [3.63, 3.8) is 0 Å². The van der Waals surface area contributed by atoms with E-state index in [4.69, 9.17) is 0 Å². The topological polar surface area (TPSA) is 69.6 Å². The van der Waals surface area contributed by atoms with Crippen LogP contribution in [0.5, 0.6) is 0 Å². The van der Waals surface area contributed by atoms with Gasteiger partial charge in [-0.15, -0.1) is 0 Å². The standard InChI is InChI=1S/C16H24N2O3/c1-6-18(12-9-7-11(2)8-10-12)15(21)17-13(14(19)20)16(3,4)5/h7-10,13H,6H2,1-5H3,(H,17,21)(H,19,20). The number of rotatable bonds is 4. The third-order valence-electron chi connectivity index (χ3n) is 3.29. The molecule has 0 spiro atoms. The molecule has 0 saturated carbocycles. The number of carboxylic acid groups (broad SMARTS) is 1. The predicted octanol–water partition coefficient (Wildman–Crippen LogP) is 3.03. The van der Waals surface area contributed by atoms with Gasteiger partial charge in [0.25, 0.3) is 0 Å². The van der Waals surface area contributed by atoms with Crippen LogP contribution in [0.15, 0.2) is 24.3 Å². The van der Waals surface area contributed by atoms with Crippen LogP contribution in [0.2, 0.25) is 0 Å². The van der Waals surface area contributed by atoms with Gasteiger partial charge in [-0.1, -0.05) is 38.5 Å². The van der Waals surface area contributed by atoms with Crippen LogP contribution in [0.1, 0.15) is 33.3 Å². The van der Waals surface area contributed by atoms with Crippen LogP contribution in [-0.2, 0) is 4.79 Å². The van der Waals surface area contributed by atoms with Crippen LogP contribution in [0.3, 0.4) is 0 Å². The molecule has 1 aromatic carbocycles. The second kappa shape index (κ2) is 6.61. The van der Waals surface area contributed by atoms with Crippen molar-refractivity contribution in [3.8, 4) is 0 Å². The Balaban J connectivity index is 2.93. The maximum absolute atomic E-state index is 12.4. The molecule has 0 saturated heterocycles. The SMILES string of the molecule is CCN(C(=O)NC(C(=O)O)C(C)(C)C)c1ccc(C)cc1. The molecule has 1 rings (SSSR count). The Bertz CT molecular complexity index is 503. The summed E-state index contributed by atoms with van der Waals surface area (Å²) >= 11 is 0. The third kappa shape index (κ3) is 4.48. The molecule has 0 aliphatic carbocycles. The fraction of sp³-hybridized carbons (Fsp3) is 0.500. The normalized spacial score (nSPS) is 12.6. The van der Waals surface area contributed by atoms with Crippen LogP contribution < -0.4 is 10.2 Å². The minimum atomic E-state index is -1.03. The molecule has 0 aliphatic heterocycles.